The number of benzene rings is 1. The number of unbranched alkanes of at least 4 members (excludes halogenated alkanes) is 3. The number of carbonyl (C=O) groups is 1. The molecule has 1 N–H and O–H groups in total. The van der Waals surface area contributed by atoms with Crippen molar-refractivity contribution in [2.24, 2.45) is 0 Å². The maximum absolute atomic E-state index is 11.6. The number of rotatable bonds is 9. The second-order valence-corrected chi connectivity index (χ2v) is 5.32. The van der Waals surface area contributed by atoms with Crippen LogP contribution in [-0.4, -0.2) is 18.3 Å². The average molecular weight is 282 g/mol. The second kappa shape index (κ2) is 9.85. The van der Waals surface area contributed by atoms with Crippen LogP contribution in [0.1, 0.15) is 43.2 Å². The predicted molar refractivity (Wildman–Crippen MR) is 81.7 cm³/mol. The number of alkyl halides is 1. The molecule has 106 valence electrons. The molecule has 1 aromatic rings. The van der Waals surface area contributed by atoms with Crippen LogP contribution >= 0.6 is 11.6 Å². The molecule has 0 saturated carbocycles. The number of hydrogen-bond acceptors (Lipinski definition) is 1. The van der Waals surface area contributed by atoms with Crippen LogP contribution in [0.3, 0.4) is 0 Å². The Bertz CT molecular complexity index is 362. The first kappa shape index (κ1) is 16.0. The van der Waals surface area contributed by atoms with Gasteiger partial charge in [-0.25, -0.2) is 0 Å². The standard InChI is InChI=1S/C16H24ClNO/c1-14-6-8-15(9-7-14)10-11-16(19)18-13-5-3-2-4-12-17/h6-9H,2-5,10-13H2,1H3,(H,18,19). The molecule has 0 atom stereocenters. The number of carbonyl (C=O) groups excluding carboxylic acids is 1. The minimum atomic E-state index is 0.151. The Morgan fingerprint density at radius 3 is 2.47 bits per heavy atom. The topological polar surface area (TPSA) is 29.1 Å². The summed E-state index contributed by atoms with van der Waals surface area (Å²) >= 11 is 5.60. The van der Waals surface area contributed by atoms with E-state index in [1.807, 2.05) is 0 Å². The molecule has 2 nitrogen and oxygen atoms in total. The van der Waals surface area contributed by atoms with Gasteiger partial charge in [0.2, 0.25) is 5.91 Å². The second-order valence-electron chi connectivity index (χ2n) is 4.94. The first-order valence-corrected chi connectivity index (χ1v) is 7.64. The fourth-order valence-corrected chi connectivity index (χ4v) is 2.09. The molecule has 0 saturated heterocycles. The van der Waals surface area contributed by atoms with Crippen LogP contribution in [0.25, 0.3) is 0 Å². The van der Waals surface area contributed by atoms with Crippen molar-refractivity contribution < 1.29 is 4.79 Å². The highest BCUT2D eigenvalue weighted by Crippen LogP contribution is 2.05. The molecule has 0 aliphatic heterocycles. The predicted octanol–water partition coefficient (Wildman–Crippen LogP) is 3.84. The average Bonchev–Trinajstić information content (AvgIpc) is 2.42. The SMILES string of the molecule is Cc1ccc(CCC(=O)NCCCCCCCl)cc1. The molecule has 0 bridgehead atoms. The summed E-state index contributed by atoms with van der Waals surface area (Å²) < 4.78 is 0. The van der Waals surface area contributed by atoms with E-state index in [-0.39, 0.29) is 5.91 Å². The van der Waals surface area contributed by atoms with E-state index in [4.69, 9.17) is 11.6 Å². The lowest BCUT2D eigenvalue weighted by molar-refractivity contribution is -0.121. The third-order valence-electron chi connectivity index (χ3n) is 3.14. The summed E-state index contributed by atoms with van der Waals surface area (Å²) in [6, 6.07) is 8.36. The van der Waals surface area contributed by atoms with Crippen LogP contribution in [0.15, 0.2) is 24.3 Å². The Balaban J connectivity index is 2.06. The van der Waals surface area contributed by atoms with Crippen LogP contribution in [0, 0.1) is 6.92 Å². The van der Waals surface area contributed by atoms with Gasteiger partial charge in [0.05, 0.1) is 0 Å². The number of amides is 1. The number of halogens is 1. The minimum Gasteiger partial charge on any atom is -0.356 e. The molecule has 0 fully saturated rings. The molecule has 0 heterocycles. The third kappa shape index (κ3) is 7.89. The van der Waals surface area contributed by atoms with Gasteiger partial charge < -0.3 is 5.32 Å². The summed E-state index contributed by atoms with van der Waals surface area (Å²) in [5.41, 5.74) is 2.48. The summed E-state index contributed by atoms with van der Waals surface area (Å²) in [6.45, 7) is 2.86. The Morgan fingerprint density at radius 2 is 1.79 bits per heavy atom. The Hall–Kier alpha value is -1.02. The van der Waals surface area contributed by atoms with Gasteiger partial charge in [0, 0.05) is 18.8 Å². The van der Waals surface area contributed by atoms with E-state index in [0.717, 1.165) is 44.5 Å². The van der Waals surface area contributed by atoms with Gasteiger partial charge in [-0.2, -0.15) is 0 Å². The maximum Gasteiger partial charge on any atom is 0.220 e. The molecule has 0 aromatic heterocycles. The smallest absolute Gasteiger partial charge is 0.220 e. The lowest BCUT2D eigenvalue weighted by Gasteiger charge is -2.05. The van der Waals surface area contributed by atoms with Crippen molar-refractivity contribution in [3.63, 3.8) is 0 Å². The van der Waals surface area contributed by atoms with E-state index in [9.17, 15) is 4.79 Å². The molecule has 1 rings (SSSR count). The zero-order chi connectivity index (χ0) is 13.9. The summed E-state index contributed by atoms with van der Waals surface area (Å²) in [6.07, 6.45) is 5.81. The third-order valence-corrected chi connectivity index (χ3v) is 3.41. The molecular weight excluding hydrogens is 258 g/mol. The molecule has 0 unspecified atom stereocenters. The molecule has 1 aromatic carbocycles. The number of hydrogen-bond donors (Lipinski definition) is 1. The molecular formula is C16H24ClNO. The Kier molecular flexibility index (Phi) is 8.31. The van der Waals surface area contributed by atoms with Crippen molar-refractivity contribution in [2.45, 2.75) is 45.4 Å². The van der Waals surface area contributed by atoms with Gasteiger partial charge in [0.25, 0.3) is 0 Å². The summed E-state index contributed by atoms with van der Waals surface area (Å²) in [7, 11) is 0. The van der Waals surface area contributed by atoms with Gasteiger partial charge in [-0.1, -0.05) is 42.7 Å². The normalized spacial score (nSPS) is 10.4. The van der Waals surface area contributed by atoms with E-state index in [0.29, 0.717) is 6.42 Å². The highest BCUT2D eigenvalue weighted by Gasteiger charge is 2.01. The van der Waals surface area contributed by atoms with Gasteiger partial charge in [-0.05, 0) is 31.7 Å². The van der Waals surface area contributed by atoms with Crippen molar-refractivity contribution in [3.05, 3.63) is 35.4 Å². The molecule has 3 heteroatoms. The van der Waals surface area contributed by atoms with Crippen LogP contribution in [0.4, 0.5) is 0 Å². The van der Waals surface area contributed by atoms with Gasteiger partial charge in [-0.3, -0.25) is 4.79 Å². The van der Waals surface area contributed by atoms with Crippen molar-refractivity contribution in [2.75, 3.05) is 12.4 Å². The Morgan fingerprint density at radius 1 is 1.11 bits per heavy atom. The fraction of sp³-hybridized carbons (Fsp3) is 0.562. The van der Waals surface area contributed by atoms with Gasteiger partial charge in [0.1, 0.15) is 0 Å². The first-order chi connectivity index (χ1) is 9.22. The van der Waals surface area contributed by atoms with Gasteiger partial charge >= 0.3 is 0 Å². The highest BCUT2D eigenvalue weighted by molar-refractivity contribution is 6.17. The number of aryl methyl sites for hydroxylation is 2. The van der Waals surface area contributed by atoms with E-state index in [2.05, 4.69) is 36.5 Å². The zero-order valence-corrected chi connectivity index (χ0v) is 12.5. The molecule has 1 amide bonds. The van der Waals surface area contributed by atoms with Crippen molar-refractivity contribution in [1.29, 1.82) is 0 Å². The molecule has 0 spiro atoms. The Labute approximate surface area is 121 Å². The molecule has 0 aliphatic carbocycles. The fourth-order valence-electron chi connectivity index (χ4n) is 1.90. The van der Waals surface area contributed by atoms with Crippen LogP contribution in [0.5, 0.6) is 0 Å². The quantitative estimate of drug-likeness (QED) is 0.541. The van der Waals surface area contributed by atoms with Crippen molar-refractivity contribution in [1.82, 2.24) is 5.32 Å². The summed E-state index contributed by atoms with van der Waals surface area (Å²) in [5.74, 6) is 0.890. The molecule has 0 radical (unpaired) electrons. The van der Waals surface area contributed by atoms with E-state index in [1.165, 1.54) is 11.1 Å². The van der Waals surface area contributed by atoms with Gasteiger partial charge in [-0.15, -0.1) is 11.6 Å². The van der Waals surface area contributed by atoms with Crippen molar-refractivity contribution in [3.8, 4) is 0 Å². The van der Waals surface area contributed by atoms with E-state index < -0.39 is 0 Å². The lowest BCUT2D eigenvalue weighted by Crippen LogP contribution is -2.24. The minimum absolute atomic E-state index is 0.151. The van der Waals surface area contributed by atoms with Crippen LogP contribution < -0.4 is 5.32 Å². The summed E-state index contributed by atoms with van der Waals surface area (Å²) in [4.78, 5) is 11.6. The largest absolute Gasteiger partial charge is 0.356 e. The zero-order valence-electron chi connectivity index (χ0n) is 11.8. The number of nitrogens with one attached hydrogen (secondary N) is 1. The summed E-state index contributed by atoms with van der Waals surface area (Å²) in [5, 5.41) is 2.97. The first-order valence-electron chi connectivity index (χ1n) is 7.10. The van der Waals surface area contributed by atoms with E-state index in [1.54, 1.807) is 0 Å². The van der Waals surface area contributed by atoms with Crippen LogP contribution in [-0.2, 0) is 11.2 Å². The highest BCUT2D eigenvalue weighted by atomic mass is 35.5. The van der Waals surface area contributed by atoms with Crippen LogP contribution in [0.2, 0.25) is 0 Å². The molecule has 19 heavy (non-hydrogen) atoms. The maximum atomic E-state index is 11.6. The monoisotopic (exact) mass is 281 g/mol. The van der Waals surface area contributed by atoms with Gasteiger partial charge in [0.15, 0.2) is 0 Å². The van der Waals surface area contributed by atoms with E-state index >= 15 is 0 Å². The van der Waals surface area contributed by atoms with Crippen molar-refractivity contribution >= 4 is 17.5 Å². The lowest BCUT2D eigenvalue weighted by atomic mass is 10.1. The molecule has 0 aliphatic rings.